The van der Waals surface area contributed by atoms with Gasteiger partial charge in [0, 0.05) is 37.4 Å². The van der Waals surface area contributed by atoms with Crippen molar-refractivity contribution in [3.63, 3.8) is 0 Å². The van der Waals surface area contributed by atoms with E-state index in [1.54, 1.807) is 48.4 Å². The molecule has 2 N–H and O–H groups in total. The van der Waals surface area contributed by atoms with E-state index in [1.807, 2.05) is 13.8 Å². The molecule has 10 heteroatoms. The highest BCUT2D eigenvalue weighted by Crippen LogP contribution is 2.30. The van der Waals surface area contributed by atoms with Gasteiger partial charge in [-0.25, -0.2) is 14.4 Å². The molecule has 0 bridgehead atoms. The smallest absolute Gasteiger partial charge is 0.407 e. The van der Waals surface area contributed by atoms with Gasteiger partial charge in [0.15, 0.2) is 0 Å². The fraction of sp³-hybridized carbons (Fsp3) is 0.615. The second kappa shape index (κ2) is 9.99. The fourth-order valence-corrected chi connectivity index (χ4v) is 4.64. The Morgan fingerprint density at radius 2 is 1.86 bits per heavy atom. The van der Waals surface area contributed by atoms with Gasteiger partial charge in [0.05, 0.1) is 10.9 Å². The van der Waals surface area contributed by atoms with Gasteiger partial charge in [-0.05, 0) is 84.4 Å². The minimum atomic E-state index is -0.594. The largest absolute Gasteiger partial charge is 0.444 e. The number of urea groups is 1. The molecule has 1 unspecified atom stereocenters. The van der Waals surface area contributed by atoms with Crippen LogP contribution in [0, 0.1) is 5.92 Å². The van der Waals surface area contributed by atoms with Crippen LogP contribution in [-0.2, 0) is 11.3 Å². The highest BCUT2D eigenvalue weighted by molar-refractivity contribution is 5.92. The molecule has 10 nitrogen and oxygen atoms in total. The standard InChI is InChI=1S/C26H37N5O5/c1-16(2)31-21-11-10-18(13-20(21)22(32)30(25(31)35)14-17-8-9-17)27-23(33)29-12-6-7-19(15-29)28-24(34)36-26(3,4)5/h10-11,13,16-17,19H,6-9,12,14-15H2,1-5H3,(H,27,33)(H,28,34). The number of carbonyl (C=O) groups is 2. The zero-order valence-electron chi connectivity index (χ0n) is 21.8. The lowest BCUT2D eigenvalue weighted by atomic mass is 10.1. The Bertz CT molecular complexity index is 1270. The van der Waals surface area contributed by atoms with Crippen LogP contribution in [-0.4, -0.2) is 50.9 Å². The van der Waals surface area contributed by atoms with E-state index in [9.17, 15) is 19.2 Å². The maximum Gasteiger partial charge on any atom is 0.407 e. The first-order chi connectivity index (χ1) is 16.9. The van der Waals surface area contributed by atoms with Crippen molar-refractivity contribution in [3.8, 4) is 0 Å². The minimum absolute atomic E-state index is 0.116. The summed E-state index contributed by atoms with van der Waals surface area (Å²) in [5.74, 6) is 0.373. The molecule has 1 aromatic heterocycles. The Kier molecular flexibility index (Phi) is 7.15. The highest BCUT2D eigenvalue weighted by atomic mass is 16.6. The number of likely N-dealkylation sites (tertiary alicyclic amines) is 1. The number of amides is 3. The summed E-state index contributed by atoms with van der Waals surface area (Å²) in [5.41, 5.74) is -0.162. The number of benzene rings is 1. The minimum Gasteiger partial charge on any atom is -0.444 e. The van der Waals surface area contributed by atoms with Crippen LogP contribution in [0.3, 0.4) is 0 Å². The molecular formula is C26H37N5O5. The Hall–Kier alpha value is -3.30. The SMILES string of the molecule is CC(C)n1c(=O)n(CC2CC2)c(=O)c2cc(NC(=O)N3CCCC(NC(=O)OC(C)(C)C)C3)ccc21. The predicted octanol–water partition coefficient (Wildman–Crippen LogP) is 3.68. The molecule has 0 spiro atoms. The molecule has 1 aliphatic heterocycles. The summed E-state index contributed by atoms with van der Waals surface area (Å²) in [5, 5.41) is 6.14. The van der Waals surface area contributed by atoms with Gasteiger partial charge in [-0.15, -0.1) is 0 Å². The Morgan fingerprint density at radius 1 is 1.14 bits per heavy atom. The summed E-state index contributed by atoms with van der Waals surface area (Å²) in [6.07, 6.45) is 3.07. The van der Waals surface area contributed by atoms with E-state index in [2.05, 4.69) is 10.6 Å². The third-order valence-electron chi connectivity index (χ3n) is 6.50. The van der Waals surface area contributed by atoms with Gasteiger partial charge in [0.1, 0.15) is 5.60 Å². The normalized spacial score (nSPS) is 18.4. The van der Waals surface area contributed by atoms with Gasteiger partial charge in [0.25, 0.3) is 5.56 Å². The van der Waals surface area contributed by atoms with E-state index in [0.29, 0.717) is 42.1 Å². The van der Waals surface area contributed by atoms with Gasteiger partial charge in [-0.2, -0.15) is 0 Å². The van der Waals surface area contributed by atoms with E-state index in [4.69, 9.17) is 4.74 Å². The molecule has 1 aromatic carbocycles. The molecule has 1 atom stereocenters. The average molecular weight is 500 g/mol. The predicted molar refractivity (Wildman–Crippen MR) is 139 cm³/mol. The summed E-state index contributed by atoms with van der Waals surface area (Å²) >= 11 is 0. The molecular weight excluding hydrogens is 462 g/mol. The second-order valence-corrected chi connectivity index (χ2v) is 11.2. The van der Waals surface area contributed by atoms with E-state index >= 15 is 0 Å². The number of hydrogen-bond donors (Lipinski definition) is 2. The highest BCUT2D eigenvalue weighted by Gasteiger charge is 2.28. The number of anilines is 1. The molecule has 1 saturated heterocycles. The van der Waals surface area contributed by atoms with Crippen LogP contribution in [0.2, 0.25) is 0 Å². The first-order valence-corrected chi connectivity index (χ1v) is 12.8. The number of nitrogens with one attached hydrogen (secondary N) is 2. The zero-order valence-corrected chi connectivity index (χ0v) is 21.8. The van der Waals surface area contributed by atoms with Crippen molar-refractivity contribution in [2.75, 3.05) is 18.4 Å². The van der Waals surface area contributed by atoms with Crippen molar-refractivity contribution in [3.05, 3.63) is 39.0 Å². The summed E-state index contributed by atoms with van der Waals surface area (Å²) in [6, 6.07) is 4.46. The summed E-state index contributed by atoms with van der Waals surface area (Å²) in [4.78, 5) is 53.1. The van der Waals surface area contributed by atoms with Gasteiger partial charge < -0.3 is 20.3 Å². The average Bonchev–Trinajstić information content (AvgIpc) is 3.60. The lowest BCUT2D eigenvalue weighted by Crippen LogP contribution is -2.51. The maximum absolute atomic E-state index is 13.2. The molecule has 0 radical (unpaired) electrons. The van der Waals surface area contributed by atoms with E-state index < -0.39 is 11.7 Å². The maximum atomic E-state index is 13.2. The molecule has 2 fully saturated rings. The molecule has 3 amide bonds. The monoisotopic (exact) mass is 499 g/mol. The van der Waals surface area contributed by atoms with Crippen molar-refractivity contribution in [1.82, 2.24) is 19.4 Å². The number of hydrogen-bond acceptors (Lipinski definition) is 5. The quantitative estimate of drug-likeness (QED) is 0.651. The molecule has 2 heterocycles. The van der Waals surface area contributed by atoms with Crippen LogP contribution < -0.4 is 21.9 Å². The van der Waals surface area contributed by atoms with E-state index in [0.717, 1.165) is 25.7 Å². The lowest BCUT2D eigenvalue weighted by Gasteiger charge is -2.33. The van der Waals surface area contributed by atoms with Crippen LogP contribution in [0.15, 0.2) is 27.8 Å². The van der Waals surface area contributed by atoms with Gasteiger partial charge in [0.2, 0.25) is 0 Å². The topological polar surface area (TPSA) is 115 Å². The molecule has 4 rings (SSSR count). The summed E-state index contributed by atoms with van der Waals surface area (Å²) < 4.78 is 8.31. The molecule has 2 aliphatic rings. The van der Waals surface area contributed by atoms with E-state index in [-0.39, 0.29) is 29.4 Å². The van der Waals surface area contributed by atoms with Crippen LogP contribution in [0.5, 0.6) is 0 Å². The van der Waals surface area contributed by atoms with Crippen LogP contribution in [0.25, 0.3) is 10.9 Å². The zero-order chi connectivity index (χ0) is 26.2. The van der Waals surface area contributed by atoms with Crippen molar-refractivity contribution in [2.45, 2.75) is 84.5 Å². The Balaban J connectivity index is 1.52. The number of aromatic nitrogens is 2. The third-order valence-corrected chi connectivity index (χ3v) is 6.50. The van der Waals surface area contributed by atoms with E-state index in [1.165, 1.54) is 4.57 Å². The van der Waals surface area contributed by atoms with Crippen LogP contribution in [0.1, 0.15) is 66.3 Å². The van der Waals surface area contributed by atoms with Gasteiger partial charge in [-0.3, -0.25) is 13.9 Å². The Labute approximate surface area is 210 Å². The van der Waals surface area contributed by atoms with Crippen molar-refractivity contribution >= 4 is 28.7 Å². The van der Waals surface area contributed by atoms with Crippen LogP contribution >= 0.6 is 0 Å². The fourth-order valence-electron chi connectivity index (χ4n) is 4.64. The number of piperidine rings is 1. The summed E-state index contributed by atoms with van der Waals surface area (Å²) in [7, 11) is 0. The van der Waals surface area contributed by atoms with Gasteiger partial charge in [-0.1, -0.05) is 0 Å². The third kappa shape index (κ3) is 5.91. The number of rotatable bonds is 5. The number of carbonyl (C=O) groups excluding carboxylic acids is 2. The molecule has 1 saturated carbocycles. The number of alkyl carbamates (subject to hydrolysis) is 1. The van der Waals surface area contributed by atoms with Gasteiger partial charge >= 0.3 is 17.8 Å². The molecule has 36 heavy (non-hydrogen) atoms. The molecule has 2 aromatic rings. The first kappa shape index (κ1) is 25.8. The van der Waals surface area contributed by atoms with Crippen molar-refractivity contribution < 1.29 is 14.3 Å². The lowest BCUT2D eigenvalue weighted by molar-refractivity contribution is 0.0480. The second-order valence-electron chi connectivity index (χ2n) is 11.2. The Morgan fingerprint density at radius 3 is 2.50 bits per heavy atom. The molecule has 196 valence electrons. The van der Waals surface area contributed by atoms with Crippen molar-refractivity contribution in [1.29, 1.82) is 0 Å². The number of ether oxygens (including phenoxy) is 1. The number of nitrogens with zero attached hydrogens (tertiary/aromatic N) is 3. The first-order valence-electron chi connectivity index (χ1n) is 12.8. The molecule has 1 aliphatic carbocycles. The number of fused-ring (bicyclic) bond motifs is 1. The van der Waals surface area contributed by atoms with Crippen molar-refractivity contribution in [2.24, 2.45) is 5.92 Å². The summed E-state index contributed by atoms with van der Waals surface area (Å²) in [6.45, 7) is 10.6. The van der Waals surface area contributed by atoms with Crippen LogP contribution in [0.4, 0.5) is 15.3 Å².